The topological polar surface area (TPSA) is 46.6 Å². The fraction of sp³-hybridized carbons (Fsp3) is 0.391. The van der Waals surface area contributed by atoms with Gasteiger partial charge < -0.3 is 9.64 Å². The molecule has 4 rings (SSSR count). The van der Waals surface area contributed by atoms with Crippen LogP contribution in [-0.4, -0.2) is 35.5 Å². The minimum Gasteiger partial charge on any atom is -0.458 e. The minimum absolute atomic E-state index is 0.0975. The molecule has 1 amide bonds. The molecule has 140 valence electrons. The second-order valence-corrected chi connectivity index (χ2v) is 7.48. The zero-order valence-electron chi connectivity index (χ0n) is 15.4. The largest absolute Gasteiger partial charge is 0.458 e. The van der Waals surface area contributed by atoms with Gasteiger partial charge in [0.15, 0.2) is 0 Å². The molecule has 0 unspecified atom stereocenters. The van der Waals surface area contributed by atoms with Gasteiger partial charge in [0, 0.05) is 30.5 Å². The van der Waals surface area contributed by atoms with E-state index in [0.29, 0.717) is 18.5 Å². The average molecular weight is 363 g/mol. The lowest BCUT2D eigenvalue weighted by molar-refractivity contribution is -0.0447. The highest BCUT2D eigenvalue weighted by Gasteiger charge is 2.43. The molecule has 27 heavy (non-hydrogen) atoms. The molecule has 1 aliphatic carbocycles. The van der Waals surface area contributed by atoms with Crippen LogP contribution in [0.5, 0.6) is 0 Å². The third-order valence-electron chi connectivity index (χ3n) is 5.86. The molecular formula is C23H25NO3. The van der Waals surface area contributed by atoms with Crippen LogP contribution >= 0.6 is 0 Å². The lowest BCUT2D eigenvalue weighted by Crippen LogP contribution is -2.55. The summed E-state index contributed by atoms with van der Waals surface area (Å²) in [4.78, 5) is 27.6. The van der Waals surface area contributed by atoms with Crippen molar-refractivity contribution in [2.75, 3.05) is 6.54 Å². The van der Waals surface area contributed by atoms with Crippen LogP contribution in [0.1, 0.15) is 52.8 Å². The van der Waals surface area contributed by atoms with Gasteiger partial charge in [-0.25, -0.2) is 4.79 Å². The van der Waals surface area contributed by atoms with E-state index < -0.39 is 0 Å². The first kappa shape index (κ1) is 17.8. The fourth-order valence-electron chi connectivity index (χ4n) is 4.53. The van der Waals surface area contributed by atoms with E-state index in [1.807, 2.05) is 53.4 Å². The molecule has 2 aromatic carbocycles. The third-order valence-corrected chi connectivity index (χ3v) is 5.86. The van der Waals surface area contributed by atoms with Crippen molar-refractivity contribution in [1.82, 2.24) is 4.90 Å². The molecule has 4 nitrogen and oxygen atoms in total. The van der Waals surface area contributed by atoms with Crippen LogP contribution in [0.2, 0.25) is 0 Å². The zero-order chi connectivity index (χ0) is 18.6. The highest BCUT2D eigenvalue weighted by Crippen LogP contribution is 2.38. The Labute approximate surface area is 160 Å². The highest BCUT2D eigenvalue weighted by molar-refractivity contribution is 5.94. The van der Waals surface area contributed by atoms with Gasteiger partial charge in [-0.15, -0.1) is 0 Å². The Balaban J connectivity index is 1.50. The summed E-state index contributed by atoms with van der Waals surface area (Å²) in [5.74, 6) is 0.0703. The van der Waals surface area contributed by atoms with Gasteiger partial charge in [0.25, 0.3) is 5.91 Å². The number of esters is 1. The number of fused-ring (bicyclic) bond motifs is 1. The average Bonchev–Trinajstić information content (AvgIpc) is 2.75. The van der Waals surface area contributed by atoms with Crippen LogP contribution in [0.15, 0.2) is 60.7 Å². The Kier molecular flexibility index (Phi) is 5.23. The first-order valence-corrected chi connectivity index (χ1v) is 9.86. The lowest BCUT2D eigenvalue weighted by atomic mass is 9.76. The molecule has 1 aliphatic heterocycles. The molecule has 1 saturated carbocycles. The van der Waals surface area contributed by atoms with Crippen LogP contribution in [0.3, 0.4) is 0 Å². The molecule has 0 aromatic heterocycles. The van der Waals surface area contributed by atoms with Gasteiger partial charge in [-0.2, -0.15) is 0 Å². The van der Waals surface area contributed by atoms with Crippen molar-refractivity contribution < 1.29 is 14.3 Å². The quantitative estimate of drug-likeness (QED) is 0.763. The van der Waals surface area contributed by atoms with Crippen molar-refractivity contribution >= 4 is 11.9 Å². The summed E-state index contributed by atoms with van der Waals surface area (Å²) in [6, 6.07) is 18.8. The van der Waals surface area contributed by atoms with Gasteiger partial charge in [-0.1, -0.05) is 49.2 Å². The van der Waals surface area contributed by atoms with E-state index in [9.17, 15) is 9.59 Å². The van der Waals surface area contributed by atoms with Crippen molar-refractivity contribution in [2.24, 2.45) is 5.92 Å². The van der Waals surface area contributed by atoms with E-state index in [4.69, 9.17) is 4.74 Å². The molecule has 1 saturated heterocycles. The van der Waals surface area contributed by atoms with E-state index in [1.165, 1.54) is 0 Å². The predicted molar refractivity (Wildman–Crippen MR) is 103 cm³/mol. The van der Waals surface area contributed by atoms with Crippen LogP contribution in [0, 0.1) is 5.92 Å². The van der Waals surface area contributed by atoms with Gasteiger partial charge in [-0.05, 0) is 37.1 Å². The van der Waals surface area contributed by atoms with E-state index in [0.717, 1.165) is 31.2 Å². The predicted octanol–water partition coefficient (Wildman–Crippen LogP) is 4.32. The number of hydrogen-bond acceptors (Lipinski definition) is 3. The SMILES string of the molecule is O=C(O[C@H]1CCN(C(=O)c2ccccc2)[C@@H]2CCCC[C@@H]12)c1ccccc1. The Morgan fingerprint density at radius 1 is 0.815 bits per heavy atom. The Bertz CT molecular complexity index is 790. The maximum absolute atomic E-state index is 13.0. The van der Waals surface area contributed by atoms with Crippen LogP contribution < -0.4 is 0 Å². The van der Waals surface area contributed by atoms with Crippen LogP contribution in [-0.2, 0) is 4.74 Å². The summed E-state index contributed by atoms with van der Waals surface area (Å²) in [5.41, 5.74) is 1.33. The number of rotatable bonds is 3. The van der Waals surface area contributed by atoms with Crippen LogP contribution in [0.4, 0.5) is 0 Å². The number of piperidine rings is 1. The molecule has 2 aliphatic rings. The first-order valence-electron chi connectivity index (χ1n) is 9.86. The summed E-state index contributed by atoms with van der Waals surface area (Å²) < 4.78 is 5.90. The second-order valence-electron chi connectivity index (χ2n) is 7.48. The van der Waals surface area contributed by atoms with Gasteiger partial charge in [0.05, 0.1) is 5.56 Å². The number of likely N-dealkylation sites (tertiary alicyclic amines) is 1. The number of nitrogens with zero attached hydrogens (tertiary/aromatic N) is 1. The molecule has 0 radical (unpaired) electrons. The number of hydrogen-bond donors (Lipinski definition) is 0. The minimum atomic E-state index is -0.257. The Morgan fingerprint density at radius 3 is 2.15 bits per heavy atom. The number of benzene rings is 2. The lowest BCUT2D eigenvalue weighted by Gasteiger charge is -2.47. The van der Waals surface area contributed by atoms with Crippen molar-refractivity contribution in [2.45, 2.75) is 44.2 Å². The number of carbonyl (C=O) groups is 2. The molecular weight excluding hydrogens is 338 g/mol. The van der Waals surface area contributed by atoms with Crippen LogP contribution in [0.25, 0.3) is 0 Å². The fourth-order valence-corrected chi connectivity index (χ4v) is 4.53. The summed E-state index contributed by atoms with van der Waals surface area (Å²) >= 11 is 0. The monoisotopic (exact) mass is 363 g/mol. The second kappa shape index (κ2) is 7.95. The standard InChI is InChI=1S/C23H25NO3/c25-22(17-9-3-1-4-10-17)24-16-15-21(19-13-7-8-14-20(19)24)27-23(26)18-11-5-2-6-12-18/h1-6,9-12,19-21H,7-8,13-16H2/t19-,20-,21+/m1/s1. The van der Waals surface area contributed by atoms with Gasteiger partial charge in [0.2, 0.25) is 0 Å². The summed E-state index contributed by atoms with van der Waals surface area (Å²) in [5, 5.41) is 0. The number of carbonyl (C=O) groups excluding carboxylic acids is 2. The molecule has 0 spiro atoms. The van der Waals surface area contributed by atoms with E-state index in [1.54, 1.807) is 12.1 Å². The van der Waals surface area contributed by atoms with Gasteiger partial charge in [-0.3, -0.25) is 4.79 Å². The van der Waals surface area contributed by atoms with Crippen molar-refractivity contribution in [3.8, 4) is 0 Å². The summed E-state index contributed by atoms with van der Waals surface area (Å²) in [6.45, 7) is 0.641. The van der Waals surface area contributed by atoms with Crippen molar-refractivity contribution in [3.05, 3.63) is 71.8 Å². The normalized spacial score (nSPS) is 24.7. The highest BCUT2D eigenvalue weighted by atomic mass is 16.5. The molecule has 0 bridgehead atoms. The van der Waals surface area contributed by atoms with Gasteiger partial charge >= 0.3 is 5.97 Å². The molecule has 4 heteroatoms. The molecule has 2 fully saturated rings. The number of amides is 1. The van der Waals surface area contributed by atoms with E-state index in [2.05, 4.69) is 0 Å². The Morgan fingerprint density at radius 2 is 1.44 bits per heavy atom. The maximum Gasteiger partial charge on any atom is 0.338 e. The Hall–Kier alpha value is -2.62. The molecule has 2 aromatic rings. The molecule has 3 atom stereocenters. The zero-order valence-corrected chi connectivity index (χ0v) is 15.4. The molecule has 1 heterocycles. The number of ether oxygens (including phenoxy) is 1. The van der Waals surface area contributed by atoms with Crippen molar-refractivity contribution in [3.63, 3.8) is 0 Å². The van der Waals surface area contributed by atoms with E-state index >= 15 is 0 Å². The molecule has 0 N–H and O–H groups in total. The smallest absolute Gasteiger partial charge is 0.338 e. The summed E-state index contributed by atoms with van der Waals surface area (Å²) in [7, 11) is 0. The maximum atomic E-state index is 13.0. The third kappa shape index (κ3) is 3.75. The summed E-state index contributed by atoms with van der Waals surface area (Å²) in [6.07, 6.45) is 4.85. The first-order chi connectivity index (χ1) is 13.2. The van der Waals surface area contributed by atoms with Crippen molar-refractivity contribution in [1.29, 1.82) is 0 Å². The van der Waals surface area contributed by atoms with Gasteiger partial charge in [0.1, 0.15) is 6.10 Å². The van der Waals surface area contributed by atoms with E-state index in [-0.39, 0.29) is 29.9 Å².